The molecule has 6 heteroatoms. The monoisotopic (exact) mass is 283 g/mol. The Morgan fingerprint density at radius 3 is 2.47 bits per heavy atom. The van der Waals surface area contributed by atoms with Gasteiger partial charge >= 0.3 is 5.97 Å². The Bertz CT molecular complexity index is 509. The number of aliphatic carboxylic acids is 1. The zero-order chi connectivity index (χ0) is 14.0. The van der Waals surface area contributed by atoms with Crippen LogP contribution >= 0.6 is 11.6 Å². The molecule has 1 heterocycles. The summed E-state index contributed by atoms with van der Waals surface area (Å²) >= 11 is 5.80. The minimum Gasteiger partial charge on any atom is -0.507 e. The van der Waals surface area contributed by atoms with Crippen LogP contribution in [0.5, 0.6) is 5.75 Å². The van der Waals surface area contributed by atoms with E-state index in [-0.39, 0.29) is 17.2 Å². The summed E-state index contributed by atoms with van der Waals surface area (Å²) in [4.78, 5) is 24.6. The Balaban J connectivity index is 2.09. The normalized spacial score (nSPS) is 16.4. The molecule has 0 aromatic heterocycles. The first kappa shape index (κ1) is 13.7. The Morgan fingerprint density at radius 1 is 1.26 bits per heavy atom. The first-order valence-electron chi connectivity index (χ1n) is 5.99. The Labute approximate surface area is 115 Å². The Kier molecular flexibility index (Phi) is 3.95. The average molecular weight is 284 g/mol. The van der Waals surface area contributed by atoms with Gasteiger partial charge in [0.15, 0.2) is 0 Å². The summed E-state index contributed by atoms with van der Waals surface area (Å²) in [6.45, 7) is 0.753. The topological polar surface area (TPSA) is 77.8 Å². The number of amides is 1. The van der Waals surface area contributed by atoms with Gasteiger partial charge in [0.1, 0.15) is 5.75 Å². The number of hydrogen-bond donors (Lipinski definition) is 2. The van der Waals surface area contributed by atoms with Crippen molar-refractivity contribution in [2.75, 3.05) is 13.1 Å². The summed E-state index contributed by atoms with van der Waals surface area (Å²) in [6.07, 6.45) is 0.866. The molecule has 0 atom stereocenters. The van der Waals surface area contributed by atoms with E-state index in [2.05, 4.69) is 0 Å². The summed E-state index contributed by atoms with van der Waals surface area (Å²) in [5.74, 6) is -1.65. The minimum atomic E-state index is -0.822. The highest BCUT2D eigenvalue weighted by atomic mass is 35.5. The van der Waals surface area contributed by atoms with E-state index in [4.69, 9.17) is 16.7 Å². The van der Waals surface area contributed by atoms with E-state index >= 15 is 0 Å². The number of phenols is 1. The average Bonchev–Trinajstić information content (AvgIpc) is 2.41. The lowest BCUT2D eigenvalue weighted by atomic mass is 9.96. The molecule has 1 aliphatic rings. The van der Waals surface area contributed by atoms with E-state index in [1.165, 1.54) is 18.2 Å². The molecule has 0 bridgehead atoms. The number of nitrogens with zero attached hydrogens (tertiary/aromatic N) is 1. The second kappa shape index (κ2) is 5.48. The number of phenolic OH excluding ortho intramolecular Hbond substituents is 1. The van der Waals surface area contributed by atoms with Gasteiger partial charge in [0, 0.05) is 18.1 Å². The van der Waals surface area contributed by atoms with Crippen molar-refractivity contribution in [3.63, 3.8) is 0 Å². The summed E-state index contributed by atoms with van der Waals surface area (Å²) < 4.78 is 0. The van der Waals surface area contributed by atoms with Crippen molar-refractivity contribution in [2.45, 2.75) is 12.8 Å². The van der Waals surface area contributed by atoms with Gasteiger partial charge in [-0.2, -0.15) is 0 Å². The number of carboxylic acids is 1. The zero-order valence-electron chi connectivity index (χ0n) is 10.2. The van der Waals surface area contributed by atoms with E-state index in [9.17, 15) is 14.7 Å². The van der Waals surface area contributed by atoms with E-state index in [1.54, 1.807) is 4.90 Å². The van der Waals surface area contributed by atoms with E-state index in [1.807, 2.05) is 0 Å². The van der Waals surface area contributed by atoms with E-state index < -0.39 is 11.9 Å². The molecule has 0 radical (unpaired) electrons. The molecule has 0 spiro atoms. The van der Waals surface area contributed by atoms with E-state index in [0.717, 1.165) is 0 Å². The highest BCUT2D eigenvalue weighted by Crippen LogP contribution is 2.25. The second-order valence-electron chi connectivity index (χ2n) is 4.57. The molecule has 0 saturated carbocycles. The molecule has 1 aliphatic heterocycles. The lowest BCUT2D eigenvalue weighted by molar-refractivity contribution is -0.143. The number of carbonyl (C=O) groups is 2. The van der Waals surface area contributed by atoms with Gasteiger partial charge in [-0.3, -0.25) is 9.59 Å². The molecule has 1 saturated heterocycles. The molecule has 0 aliphatic carbocycles. The van der Waals surface area contributed by atoms with Crippen LogP contribution in [0.1, 0.15) is 23.2 Å². The highest BCUT2D eigenvalue weighted by molar-refractivity contribution is 6.31. The fourth-order valence-corrected chi connectivity index (χ4v) is 2.35. The molecule has 2 rings (SSSR count). The van der Waals surface area contributed by atoms with Crippen molar-refractivity contribution < 1.29 is 19.8 Å². The molecule has 19 heavy (non-hydrogen) atoms. The van der Waals surface area contributed by atoms with Crippen molar-refractivity contribution in [1.82, 2.24) is 4.90 Å². The van der Waals surface area contributed by atoms with Crippen molar-refractivity contribution in [1.29, 1.82) is 0 Å². The maximum Gasteiger partial charge on any atom is 0.306 e. The second-order valence-corrected chi connectivity index (χ2v) is 5.00. The summed E-state index contributed by atoms with van der Waals surface area (Å²) in [5.41, 5.74) is 0.154. The van der Waals surface area contributed by atoms with Gasteiger partial charge in [0.05, 0.1) is 11.5 Å². The van der Waals surface area contributed by atoms with E-state index in [0.29, 0.717) is 31.0 Å². The standard InChI is InChI=1S/C13H14ClNO4/c14-9-1-2-11(16)10(7-9)12(17)15-5-3-8(4-6-15)13(18)19/h1-2,7-8,16H,3-6H2,(H,18,19). The summed E-state index contributed by atoms with van der Waals surface area (Å²) in [6, 6.07) is 4.30. The number of hydrogen-bond acceptors (Lipinski definition) is 3. The summed E-state index contributed by atoms with van der Waals surface area (Å²) in [5, 5.41) is 19.0. The van der Waals surface area contributed by atoms with Crippen molar-refractivity contribution in [2.24, 2.45) is 5.92 Å². The maximum atomic E-state index is 12.2. The predicted molar refractivity (Wildman–Crippen MR) is 69.4 cm³/mol. The molecule has 1 fully saturated rings. The SMILES string of the molecule is O=C(O)C1CCN(C(=O)c2cc(Cl)ccc2O)CC1. The lowest BCUT2D eigenvalue weighted by Crippen LogP contribution is -2.40. The van der Waals surface area contributed by atoms with Crippen LogP contribution in [0.15, 0.2) is 18.2 Å². The van der Waals surface area contributed by atoms with Gasteiger partial charge in [-0.05, 0) is 31.0 Å². The third-order valence-corrected chi connectivity index (χ3v) is 3.56. The number of halogens is 1. The lowest BCUT2D eigenvalue weighted by Gasteiger charge is -2.30. The molecule has 1 aromatic carbocycles. The van der Waals surface area contributed by atoms with Gasteiger partial charge in [-0.25, -0.2) is 0 Å². The Hall–Kier alpha value is -1.75. The number of rotatable bonds is 2. The van der Waals surface area contributed by atoms with Crippen molar-refractivity contribution in [3.8, 4) is 5.75 Å². The molecule has 5 nitrogen and oxygen atoms in total. The first-order chi connectivity index (χ1) is 8.99. The van der Waals surface area contributed by atoms with Gasteiger partial charge in [0.2, 0.25) is 0 Å². The molecule has 102 valence electrons. The Morgan fingerprint density at radius 2 is 1.89 bits per heavy atom. The van der Waals surface area contributed by atoms with Gasteiger partial charge in [-0.15, -0.1) is 0 Å². The van der Waals surface area contributed by atoms with Crippen LogP contribution in [0.25, 0.3) is 0 Å². The van der Waals surface area contributed by atoms with Crippen LogP contribution in [-0.4, -0.2) is 40.1 Å². The number of carbonyl (C=O) groups excluding carboxylic acids is 1. The zero-order valence-corrected chi connectivity index (χ0v) is 10.9. The predicted octanol–water partition coefficient (Wildman–Crippen LogP) is 1.98. The fourth-order valence-electron chi connectivity index (χ4n) is 2.18. The summed E-state index contributed by atoms with van der Waals surface area (Å²) in [7, 11) is 0. The van der Waals surface area contributed by atoms with Crippen molar-refractivity contribution in [3.05, 3.63) is 28.8 Å². The maximum absolute atomic E-state index is 12.2. The van der Waals surface area contributed by atoms with Crippen LogP contribution in [0, 0.1) is 5.92 Å². The van der Waals surface area contributed by atoms with Crippen LogP contribution in [0.4, 0.5) is 0 Å². The van der Waals surface area contributed by atoms with Crippen LogP contribution in [0.2, 0.25) is 5.02 Å². The van der Waals surface area contributed by atoms with Crippen LogP contribution < -0.4 is 0 Å². The first-order valence-corrected chi connectivity index (χ1v) is 6.37. The molecule has 1 amide bonds. The molecular formula is C13H14ClNO4. The smallest absolute Gasteiger partial charge is 0.306 e. The van der Waals surface area contributed by atoms with Crippen molar-refractivity contribution >= 4 is 23.5 Å². The van der Waals surface area contributed by atoms with Gasteiger partial charge < -0.3 is 15.1 Å². The fraction of sp³-hybridized carbons (Fsp3) is 0.385. The number of piperidine rings is 1. The molecular weight excluding hydrogens is 270 g/mol. The number of likely N-dealkylation sites (tertiary alicyclic amines) is 1. The number of aromatic hydroxyl groups is 1. The largest absolute Gasteiger partial charge is 0.507 e. The molecule has 1 aromatic rings. The number of carboxylic acid groups (broad SMARTS) is 1. The van der Waals surface area contributed by atoms with Gasteiger partial charge in [-0.1, -0.05) is 11.6 Å². The molecule has 2 N–H and O–H groups in total. The highest BCUT2D eigenvalue weighted by Gasteiger charge is 2.28. The minimum absolute atomic E-state index is 0.116. The third-order valence-electron chi connectivity index (χ3n) is 3.32. The third kappa shape index (κ3) is 2.98. The quantitative estimate of drug-likeness (QED) is 0.870. The van der Waals surface area contributed by atoms with Crippen LogP contribution in [-0.2, 0) is 4.79 Å². The van der Waals surface area contributed by atoms with Gasteiger partial charge in [0.25, 0.3) is 5.91 Å². The number of benzene rings is 1. The van der Waals surface area contributed by atoms with Crippen LogP contribution in [0.3, 0.4) is 0 Å². The molecule has 0 unspecified atom stereocenters.